The highest BCUT2D eigenvalue weighted by Gasteiger charge is 2.16. The fraction of sp³-hybridized carbons (Fsp3) is 0.308. The number of terminal acetylenes is 1. The zero-order valence-corrected chi connectivity index (χ0v) is 9.85. The first-order valence-corrected chi connectivity index (χ1v) is 5.56. The Morgan fingerprint density at radius 2 is 2.22 bits per heavy atom. The van der Waals surface area contributed by atoms with Crippen LogP contribution >= 0.6 is 0 Å². The molecular weight excluding hydrogens is 232 g/mol. The molecule has 0 bridgehead atoms. The summed E-state index contributed by atoms with van der Waals surface area (Å²) in [6.45, 7) is 0.455. The molecule has 94 valence electrons. The van der Waals surface area contributed by atoms with E-state index < -0.39 is 11.9 Å². The van der Waals surface area contributed by atoms with Crippen LogP contribution < -0.4 is 5.32 Å². The average Bonchev–Trinajstić information content (AvgIpc) is 2.38. The quantitative estimate of drug-likeness (QED) is 0.586. The minimum atomic E-state index is -1.17. The van der Waals surface area contributed by atoms with Crippen LogP contribution in [-0.4, -0.2) is 28.5 Å². The molecule has 18 heavy (non-hydrogen) atoms. The van der Waals surface area contributed by atoms with Crippen molar-refractivity contribution < 1.29 is 14.7 Å². The zero-order chi connectivity index (χ0) is 13.4. The predicted molar refractivity (Wildman–Crippen MR) is 66.2 cm³/mol. The minimum absolute atomic E-state index is 0.0676. The summed E-state index contributed by atoms with van der Waals surface area (Å²) < 4.78 is 0. The van der Waals surface area contributed by atoms with Crippen LogP contribution in [0.4, 0.5) is 0 Å². The Hall–Kier alpha value is -2.35. The number of pyridine rings is 1. The average molecular weight is 246 g/mol. The molecule has 1 aromatic heterocycles. The van der Waals surface area contributed by atoms with E-state index in [0.717, 1.165) is 12.8 Å². The standard InChI is InChI=1S/C13H14N2O3/c1-2-3-4-5-8-15-12(16)11-10(13(17)18)7-6-9-14-11/h1,6-7,9H,3-5,8H2,(H,15,16)(H,17,18). The molecule has 0 radical (unpaired) electrons. The summed E-state index contributed by atoms with van der Waals surface area (Å²) in [6.07, 6.45) is 8.74. The minimum Gasteiger partial charge on any atom is -0.478 e. The molecule has 0 spiro atoms. The summed E-state index contributed by atoms with van der Waals surface area (Å²) in [6, 6.07) is 2.83. The molecular formula is C13H14N2O3. The molecule has 1 rings (SSSR count). The van der Waals surface area contributed by atoms with Crippen LogP contribution in [0.25, 0.3) is 0 Å². The van der Waals surface area contributed by atoms with E-state index in [1.54, 1.807) is 0 Å². The molecule has 1 heterocycles. The molecule has 0 saturated heterocycles. The second-order valence-corrected chi connectivity index (χ2v) is 3.62. The number of aromatic nitrogens is 1. The van der Waals surface area contributed by atoms with E-state index in [9.17, 15) is 9.59 Å². The Morgan fingerprint density at radius 3 is 2.89 bits per heavy atom. The van der Waals surface area contributed by atoms with E-state index in [1.165, 1.54) is 18.3 Å². The van der Waals surface area contributed by atoms with Crippen molar-refractivity contribution in [3.63, 3.8) is 0 Å². The molecule has 0 saturated carbocycles. The van der Waals surface area contributed by atoms with Gasteiger partial charge in [-0.15, -0.1) is 12.3 Å². The van der Waals surface area contributed by atoms with Crippen LogP contribution in [-0.2, 0) is 0 Å². The molecule has 0 fully saturated rings. The maximum atomic E-state index is 11.7. The number of carboxylic acids is 1. The van der Waals surface area contributed by atoms with Gasteiger partial charge < -0.3 is 10.4 Å². The summed E-state index contributed by atoms with van der Waals surface area (Å²) in [7, 11) is 0. The Labute approximate surface area is 105 Å². The molecule has 0 aliphatic rings. The molecule has 5 heteroatoms. The van der Waals surface area contributed by atoms with Crippen LogP contribution in [0.5, 0.6) is 0 Å². The predicted octanol–water partition coefficient (Wildman–Crippen LogP) is 1.31. The van der Waals surface area contributed by atoms with Crippen molar-refractivity contribution in [2.24, 2.45) is 0 Å². The van der Waals surface area contributed by atoms with Crippen molar-refractivity contribution in [3.8, 4) is 12.3 Å². The van der Waals surface area contributed by atoms with Gasteiger partial charge in [0.05, 0.1) is 5.56 Å². The highest BCUT2D eigenvalue weighted by Crippen LogP contribution is 2.05. The van der Waals surface area contributed by atoms with Gasteiger partial charge in [-0.05, 0) is 25.0 Å². The van der Waals surface area contributed by atoms with E-state index in [1.807, 2.05) is 0 Å². The summed E-state index contributed by atoms with van der Waals surface area (Å²) >= 11 is 0. The summed E-state index contributed by atoms with van der Waals surface area (Å²) in [4.78, 5) is 26.4. The molecule has 0 aromatic carbocycles. The molecule has 1 aromatic rings. The number of nitrogens with zero attached hydrogens (tertiary/aromatic N) is 1. The third-order valence-corrected chi connectivity index (χ3v) is 2.29. The van der Waals surface area contributed by atoms with E-state index >= 15 is 0 Å². The summed E-state index contributed by atoms with van der Waals surface area (Å²) in [5.41, 5.74) is -0.166. The summed E-state index contributed by atoms with van der Waals surface area (Å²) in [5.74, 6) is 0.865. The zero-order valence-electron chi connectivity index (χ0n) is 9.85. The number of hydrogen-bond acceptors (Lipinski definition) is 3. The van der Waals surface area contributed by atoms with Gasteiger partial charge in [-0.25, -0.2) is 4.79 Å². The van der Waals surface area contributed by atoms with Crippen molar-refractivity contribution in [2.75, 3.05) is 6.54 Å². The highest BCUT2D eigenvalue weighted by molar-refractivity contribution is 6.03. The first-order chi connectivity index (χ1) is 8.66. The van der Waals surface area contributed by atoms with Crippen molar-refractivity contribution in [2.45, 2.75) is 19.3 Å². The van der Waals surface area contributed by atoms with Crippen LogP contribution in [0, 0.1) is 12.3 Å². The Kier molecular flexibility index (Phi) is 5.39. The molecule has 0 unspecified atom stereocenters. The van der Waals surface area contributed by atoms with Gasteiger partial charge in [-0.3, -0.25) is 9.78 Å². The fourth-order valence-electron chi connectivity index (χ4n) is 1.40. The number of carbonyl (C=O) groups excluding carboxylic acids is 1. The normalized spacial score (nSPS) is 9.50. The number of carboxylic acid groups (broad SMARTS) is 1. The molecule has 2 N–H and O–H groups in total. The van der Waals surface area contributed by atoms with E-state index in [2.05, 4.69) is 16.2 Å². The van der Waals surface area contributed by atoms with Crippen molar-refractivity contribution in [1.29, 1.82) is 0 Å². The van der Waals surface area contributed by atoms with Gasteiger partial charge in [-0.2, -0.15) is 0 Å². The largest absolute Gasteiger partial charge is 0.478 e. The Bertz CT molecular complexity index is 477. The number of rotatable bonds is 6. The lowest BCUT2D eigenvalue weighted by molar-refractivity contribution is 0.0690. The fourth-order valence-corrected chi connectivity index (χ4v) is 1.40. The SMILES string of the molecule is C#CCCCCNC(=O)c1ncccc1C(=O)O. The molecule has 0 aliphatic heterocycles. The Balaban J connectivity index is 2.57. The maximum absolute atomic E-state index is 11.7. The number of carbonyl (C=O) groups is 2. The van der Waals surface area contributed by atoms with Gasteiger partial charge in [-0.1, -0.05) is 0 Å². The number of aromatic carboxylic acids is 1. The van der Waals surface area contributed by atoms with Gasteiger partial charge in [0, 0.05) is 19.2 Å². The monoisotopic (exact) mass is 246 g/mol. The molecule has 0 aliphatic carbocycles. The van der Waals surface area contributed by atoms with E-state index in [0.29, 0.717) is 13.0 Å². The highest BCUT2D eigenvalue weighted by atomic mass is 16.4. The number of hydrogen-bond donors (Lipinski definition) is 2. The first kappa shape index (κ1) is 13.7. The molecule has 0 atom stereocenters. The smallest absolute Gasteiger partial charge is 0.338 e. The third-order valence-electron chi connectivity index (χ3n) is 2.29. The lowest BCUT2D eigenvalue weighted by Gasteiger charge is -2.06. The van der Waals surface area contributed by atoms with Gasteiger partial charge in [0.15, 0.2) is 0 Å². The van der Waals surface area contributed by atoms with Gasteiger partial charge in [0.1, 0.15) is 5.69 Å². The second-order valence-electron chi connectivity index (χ2n) is 3.62. The third kappa shape index (κ3) is 3.91. The number of nitrogens with one attached hydrogen (secondary N) is 1. The lowest BCUT2D eigenvalue weighted by Crippen LogP contribution is -2.27. The Morgan fingerprint density at radius 1 is 1.44 bits per heavy atom. The lowest BCUT2D eigenvalue weighted by atomic mass is 10.2. The van der Waals surface area contributed by atoms with Crippen molar-refractivity contribution in [3.05, 3.63) is 29.6 Å². The van der Waals surface area contributed by atoms with Crippen molar-refractivity contribution in [1.82, 2.24) is 10.3 Å². The maximum Gasteiger partial charge on any atom is 0.338 e. The van der Waals surface area contributed by atoms with Crippen molar-refractivity contribution >= 4 is 11.9 Å². The van der Waals surface area contributed by atoms with Crippen LogP contribution in [0.1, 0.15) is 40.1 Å². The second kappa shape index (κ2) is 7.07. The summed E-state index contributed by atoms with van der Waals surface area (Å²) in [5, 5.41) is 11.5. The number of unbranched alkanes of at least 4 members (excludes halogenated alkanes) is 2. The number of amides is 1. The van der Waals surface area contributed by atoms with Gasteiger partial charge in [0.2, 0.25) is 0 Å². The molecule has 5 nitrogen and oxygen atoms in total. The van der Waals surface area contributed by atoms with E-state index in [-0.39, 0.29) is 11.3 Å². The topological polar surface area (TPSA) is 79.3 Å². The van der Waals surface area contributed by atoms with Crippen LogP contribution in [0.3, 0.4) is 0 Å². The van der Waals surface area contributed by atoms with Gasteiger partial charge in [0.25, 0.3) is 5.91 Å². The van der Waals surface area contributed by atoms with E-state index in [4.69, 9.17) is 11.5 Å². The van der Waals surface area contributed by atoms with Crippen LogP contribution in [0.15, 0.2) is 18.3 Å². The molecule has 1 amide bonds. The van der Waals surface area contributed by atoms with Gasteiger partial charge >= 0.3 is 5.97 Å². The first-order valence-electron chi connectivity index (χ1n) is 5.56. The van der Waals surface area contributed by atoms with Crippen LogP contribution in [0.2, 0.25) is 0 Å².